The molecule has 5 atom stereocenters. The van der Waals surface area contributed by atoms with Crippen LogP contribution in [0, 0.1) is 23.6 Å². The summed E-state index contributed by atoms with van der Waals surface area (Å²) in [7, 11) is 0. The second-order valence-corrected chi connectivity index (χ2v) is 5.83. The number of nitrogens with two attached hydrogens (primary N) is 2. The minimum Gasteiger partial charge on any atom is -0.369 e. The molecule has 5 unspecified atom stereocenters. The van der Waals surface area contributed by atoms with Crippen molar-refractivity contribution in [1.29, 1.82) is 0 Å². The van der Waals surface area contributed by atoms with Crippen molar-refractivity contribution < 1.29 is 9.18 Å². The summed E-state index contributed by atoms with van der Waals surface area (Å²) < 4.78 is 13.7. The second-order valence-electron chi connectivity index (χ2n) is 5.49. The number of fused-ring (bicyclic) bond motifs is 2. The maximum Gasteiger partial charge on any atom is 0.224 e. The Balaban J connectivity index is 1.88. The number of hydrogen-bond acceptors (Lipinski definition) is 5. The van der Waals surface area contributed by atoms with Crippen molar-refractivity contribution >= 4 is 23.3 Å². The van der Waals surface area contributed by atoms with E-state index in [0.717, 1.165) is 19.0 Å². The van der Waals surface area contributed by atoms with Gasteiger partial charge in [0.05, 0.1) is 12.1 Å². The Bertz CT molecular complexity index is 557. The molecular weight excluding hydrogens is 285 g/mol. The van der Waals surface area contributed by atoms with Crippen molar-refractivity contribution in [2.45, 2.75) is 24.9 Å². The number of primary amides is 1. The predicted molar refractivity (Wildman–Crippen MR) is 71.3 cm³/mol. The first-order chi connectivity index (χ1) is 9.47. The molecule has 2 aliphatic rings. The minimum atomic E-state index is -0.617. The van der Waals surface area contributed by atoms with Crippen LogP contribution < -0.4 is 16.8 Å². The molecule has 20 heavy (non-hydrogen) atoms. The lowest BCUT2D eigenvalue weighted by Gasteiger charge is -2.33. The van der Waals surface area contributed by atoms with Gasteiger partial charge in [0.1, 0.15) is 0 Å². The minimum absolute atomic E-state index is 0.00605. The number of nitrogens with zero attached hydrogens (tertiary/aromatic N) is 2. The van der Waals surface area contributed by atoms with E-state index in [1.165, 1.54) is 0 Å². The third-order valence-corrected chi connectivity index (χ3v) is 4.58. The van der Waals surface area contributed by atoms with Crippen molar-refractivity contribution in [1.82, 2.24) is 9.97 Å². The van der Waals surface area contributed by atoms with E-state index in [2.05, 4.69) is 15.3 Å². The van der Waals surface area contributed by atoms with Gasteiger partial charge in [-0.25, -0.2) is 9.37 Å². The molecule has 108 valence electrons. The highest BCUT2D eigenvalue weighted by atomic mass is 35.5. The molecule has 5 N–H and O–H groups in total. The fourth-order valence-corrected chi connectivity index (χ4v) is 3.75. The molecule has 0 radical (unpaired) electrons. The molecule has 2 bridgehead atoms. The van der Waals surface area contributed by atoms with Crippen LogP contribution >= 0.6 is 11.6 Å². The van der Waals surface area contributed by atoms with Gasteiger partial charge in [0.2, 0.25) is 11.2 Å². The Kier molecular flexibility index (Phi) is 3.25. The van der Waals surface area contributed by atoms with E-state index in [1.54, 1.807) is 0 Å². The second kappa shape index (κ2) is 4.82. The zero-order valence-electron chi connectivity index (χ0n) is 10.6. The van der Waals surface area contributed by atoms with Crippen LogP contribution in [0.4, 0.5) is 10.2 Å². The highest BCUT2D eigenvalue weighted by Gasteiger charge is 2.54. The number of carbonyl (C=O) groups is 1. The SMILES string of the molecule is NC(=O)C1C2CC(N)C(C2)C1Nc1nc(Cl)ncc1F. The van der Waals surface area contributed by atoms with Gasteiger partial charge in [-0.1, -0.05) is 0 Å². The highest BCUT2D eigenvalue weighted by Crippen LogP contribution is 2.48. The summed E-state index contributed by atoms with van der Waals surface area (Å²) >= 11 is 5.66. The normalized spacial score (nSPS) is 35.2. The molecule has 8 heteroatoms. The summed E-state index contributed by atoms with van der Waals surface area (Å²) in [6.07, 6.45) is 2.60. The Morgan fingerprint density at radius 1 is 1.50 bits per heavy atom. The van der Waals surface area contributed by atoms with E-state index in [9.17, 15) is 9.18 Å². The number of carbonyl (C=O) groups excluding carboxylic acids is 1. The van der Waals surface area contributed by atoms with E-state index in [-0.39, 0.29) is 46.8 Å². The van der Waals surface area contributed by atoms with Gasteiger partial charge < -0.3 is 16.8 Å². The quantitative estimate of drug-likeness (QED) is 0.705. The molecule has 0 aromatic carbocycles. The number of anilines is 1. The summed E-state index contributed by atoms with van der Waals surface area (Å²) in [6.45, 7) is 0. The van der Waals surface area contributed by atoms with Gasteiger partial charge in [-0.15, -0.1) is 0 Å². The first-order valence-electron chi connectivity index (χ1n) is 6.47. The molecule has 1 aromatic heterocycles. The molecule has 0 saturated heterocycles. The van der Waals surface area contributed by atoms with Gasteiger partial charge in [-0.05, 0) is 36.3 Å². The average molecular weight is 300 g/mol. The van der Waals surface area contributed by atoms with Crippen molar-refractivity contribution in [3.63, 3.8) is 0 Å². The highest BCUT2D eigenvalue weighted by molar-refractivity contribution is 6.28. The number of hydrogen-bond donors (Lipinski definition) is 3. The molecule has 3 rings (SSSR count). The molecule has 1 aromatic rings. The summed E-state index contributed by atoms with van der Waals surface area (Å²) in [5.74, 6) is -1.12. The molecule has 1 amide bonds. The van der Waals surface area contributed by atoms with Gasteiger partial charge in [-0.2, -0.15) is 4.98 Å². The van der Waals surface area contributed by atoms with E-state index in [1.807, 2.05) is 0 Å². The number of amides is 1. The van der Waals surface area contributed by atoms with E-state index in [0.29, 0.717) is 0 Å². The topological polar surface area (TPSA) is 107 Å². The lowest BCUT2D eigenvalue weighted by molar-refractivity contribution is -0.123. The third-order valence-electron chi connectivity index (χ3n) is 4.40. The van der Waals surface area contributed by atoms with Gasteiger partial charge >= 0.3 is 0 Å². The largest absolute Gasteiger partial charge is 0.369 e. The van der Waals surface area contributed by atoms with E-state index >= 15 is 0 Å². The zero-order chi connectivity index (χ0) is 14.4. The summed E-state index contributed by atoms with van der Waals surface area (Å²) in [4.78, 5) is 19.0. The standard InChI is InChI=1S/C12H15ClFN5O/c13-12-17-3-6(14)11(19-12)18-9-5-1-4(2-7(5)15)8(9)10(16)20/h3-5,7-9H,1-2,15H2,(H2,16,20)(H,17,18,19). The number of aromatic nitrogens is 2. The van der Waals surface area contributed by atoms with E-state index < -0.39 is 5.82 Å². The zero-order valence-corrected chi connectivity index (χ0v) is 11.3. The molecule has 2 saturated carbocycles. The fourth-order valence-electron chi connectivity index (χ4n) is 3.62. The van der Waals surface area contributed by atoms with Crippen LogP contribution in [0.2, 0.25) is 5.28 Å². The lowest BCUT2D eigenvalue weighted by Crippen LogP contribution is -2.49. The van der Waals surface area contributed by atoms with Crippen LogP contribution in [0.25, 0.3) is 0 Å². The maximum atomic E-state index is 13.7. The Morgan fingerprint density at radius 2 is 2.25 bits per heavy atom. The Morgan fingerprint density at radius 3 is 2.95 bits per heavy atom. The van der Waals surface area contributed by atoms with Crippen LogP contribution in [0.15, 0.2) is 6.20 Å². The smallest absolute Gasteiger partial charge is 0.224 e. The maximum absolute atomic E-state index is 13.7. The molecule has 2 aliphatic carbocycles. The fraction of sp³-hybridized carbons (Fsp3) is 0.583. The third kappa shape index (κ3) is 2.10. The van der Waals surface area contributed by atoms with Gasteiger partial charge in [-0.3, -0.25) is 4.79 Å². The van der Waals surface area contributed by atoms with Gasteiger partial charge in [0.25, 0.3) is 0 Å². The van der Waals surface area contributed by atoms with Crippen molar-refractivity contribution in [3.8, 4) is 0 Å². The molecular formula is C12H15ClFN5O. The predicted octanol–water partition coefficient (Wildman–Crippen LogP) is 0.518. The summed E-state index contributed by atoms with van der Waals surface area (Å²) in [5, 5.41) is 2.89. The van der Waals surface area contributed by atoms with Crippen molar-refractivity contribution in [2.24, 2.45) is 29.2 Å². The summed E-state index contributed by atoms with van der Waals surface area (Å²) in [5.41, 5.74) is 11.5. The lowest BCUT2D eigenvalue weighted by atomic mass is 9.81. The van der Waals surface area contributed by atoms with Gasteiger partial charge in [0.15, 0.2) is 11.6 Å². The number of halogens is 2. The first kappa shape index (κ1) is 13.5. The number of nitrogens with one attached hydrogen (secondary N) is 1. The molecule has 1 heterocycles. The van der Waals surface area contributed by atoms with E-state index in [4.69, 9.17) is 23.1 Å². The van der Waals surface area contributed by atoms with Crippen LogP contribution in [0.5, 0.6) is 0 Å². The van der Waals surface area contributed by atoms with Crippen LogP contribution in [-0.2, 0) is 4.79 Å². The molecule has 0 spiro atoms. The number of rotatable bonds is 3. The Labute approximate surface area is 120 Å². The van der Waals surface area contributed by atoms with Gasteiger partial charge in [0, 0.05) is 12.1 Å². The first-order valence-corrected chi connectivity index (χ1v) is 6.84. The summed E-state index contributed by atoms with van der Waals surface area (Å²) in [6, 6.07) is -0.310. The van der Waals surface area contributed by atoms with Crippen LogP contribution in [0.3, 0.4) is 0 Å². The molecule has 6 nitrogen and oxygen atoms in total. The average Bonchev–Trinajstić information content (AvgIpc) is 2.90. The monoisotopic (exact) mass is 299 g/mol. The molecule has 0 aliphatic heterocycles. The van der Waals surface area contributed by atoms with Crippen LogP contribution in [0.1, 0.15) is 12.8 Å². The van der Waals surface area contributed by atoms with Crippen molar-refractivity contribution in [2.75, 3.05) is 5.32 Å². The van der Waals surface area contributed by atoms with Crippen molar-refractivity contribution in [3.05, 3.63) is 17.3 Å². The molecule has 2 fully saturated rings. The Hall–Kier alpha value is -1.47. The van der Waals surface area contributed by atoms with Crippen LogP contribution in [-0.4, -0.2) is 28.0 Å².